The van der Waals surface area contributed by atoms with Crippen molar-refractivity contribution in [1.29, 1.82) is 0 Å². The fraction of sp³-hybridized carbons (Fsp3) is 0.238. The third kappa shape index (κ3) is 5.77. The highest BCUT2D eigenvalue weighted by Crippen LogP contribution is 2.28. The Hall–Kier alpha value is -3.04. The number of anilines is 1. The topological polar surface area (TPSA) is 98.1 Å². The SMILES string of the molecule is COc1ccc(Cl)cc1NC(=O)CSc1nnc([C@H](C)NC(=O)c2ccccc2)n1C. The largest absolute Gasteiger partial charge is 0.495 e. The summed E-state index contributed by atoms with van der Waals surface area (Å²) in [6.45, 7) is 1.83. The predicted molar refractivity (Wildman–Crippen MR) is 121 cm³/mol. The van der Waals surface area contributed by atoms with Gasteiger partial charge in [0.15, 0.2) is 11.0 Å². The first kappa shape index (κ1) is 22.6. The number of benzene rings is 2. The van der Waals surface area contributed by atoms with E-state index in [2.05, 4.69) is 20.8 Å². The summed E-state index contributed by atoms with van der Waals surface area (Å²) in [6.07, 6.45) is 0. The highest BCUT2D eigenvalue weighted by molar-refractivity contribution is 7.99. The number of aromatic nitrogens is 3. The van der Waals surface area contributed by atoms with E-state index in [1.807, 2.05) is 13.0 Å². The third-order valence-corrected chi connectivity index (χ3v) is 5.66. The molecule has 2 N–H and O–H groups in total. The molecule has 3 rings (SSSR count). The lowest BCUT2D eigenvalue weighted by atomic mass is 10.2. The molecule has 1 aromatic heterocycles. The summed E-state index contributed by atoms with van der Waals surface area (Å²) in [5.41, 5.74) is 1.07. The minimum atomic E-state index is -0.357. The monoisotopic (exact) mass is 459 g/mol. The minimum absolute atomic E-state index is 0.117. The van der Waals surface area contributed by atoms with Gasteiger partial charge in [0.1, 0.15) is 5.75 Å². The minimum Gasteiger partial charge on any atom is -0.495 e. The Morgan fingerprint density at radius 1 is 1.19 bits per heavy atom. The molecule has 31 heavy (non-hydrogen) atoms. The predicted octanol–water partition coefficient (Wildman–Crippen LogP) is 3.70. The van der Waals surface area contributed by atoms with Crippen LogP contribution in [0.25, 0.3) is 0 Å². The number of amides is 2. The second-order valence-corrected chi connectivity index (χ2v) is 8.02. The highest BCUT2D eigenvalue weighted by atomic mass is 35.5. The van der Waals surface area contributed by atoms with Gasteiger partial charge in [-0.15, -0.1) is 10.2 Å². The van der Waals surface area contributed by atoms with E-state index in [0.717, 1.165) is 0 Å². The summed E-state index contributed by atoms with van der Waals surface area (Å²) in [7, 11) is 3.31. The van der Waals surface area contributed by atoms with E-state index in [1.165, 1.54) is 18.9 Å². The van der Waals surface area contributed by atoms with Gasteiger partial charge in [0.05, 0.1) is 24.6 Å². The molecule has 2 amide bonds. The maximum atomic E-state index is 12.4. The van der Waals surface area contributed by atoms with Gasteiger partial charge >= 0.3 is 0 Å². The lowest BCUT2D eigenvalue weighted by Crippen LogP contribution is -2.28. The van der Waals surface area contributed by atoms with Crippen LogP contribution < -0.4 is 15.4 Å². The van der Waals surface area contributed by atoms with Gasteiger partial charge < -0.3 is 19.9 Å². The highest BCUT2D eigenvalue weighted by Gasteiger charge is 2.19. The molecule has 8 nitrogen and oxygen atoms in total. The number of ether oxygens (including phenoxy) is 1. The molecule has 3 aromatic rings. The number of rotatable bonds is 8. The average molecular weight is 460 g/mol. The Labute approximate surface area is 189 Å². The summed E-state index contributed by atoms with van der Waals surface area (Å²) < 4.78 is 6.99. The number of nitrogens with zero attached hydrogens (tertiary/aromatic N) is 3. The first-order valence-corrected chi connectivity index (χ1v) is 10.8. The smallest absolute Gasteiger partial charge is 0.251 e. The Morgan fingerprint density at radius 3 is 2.65 bits per heavy atom. The summed E-state index contributed by atoms with van der Waals surface area (Å²) in [5, 5.41) is 15.1. The zero-order valence-electron chi connectivity index (χ0n) is 17.3. The Morgan fingerprint density at radius 2 is 1.94 bits per heavy atom. The third-order valence-electron chi connectivity index (χ3n) is 4.41. The maximum absolute atomic E-state index is 12.4. The number of carbonyl (C=O) groups excluding carboxylic acids is 2. The molecule has 0 unspecified atom stereocenters. The van der Waals surface area contributed by atoms with Gasteiger partial charge in [0.2, 0.25) is 5.91 Å². The molecule has 0 saturated carbocycles. The molecular formula is C21H22ClN5O3S. The number of halogens is 1. The lowest BCUT2D eigenvalue weighted by molar-refractivity contribution is -0.113. The van der Waals surface area contributed by atoms with Crippen molar-refractivity contribution < 1.29 is 14.3 Å². The lowest BCUT2D eigenvalue weighted by Gasteiger charge is -2.13. The Bertz CT molecular complexity index is 1070. The van der Waals surface area contributed by atoms with Crippen LogP contribution >= 0.6 is 23.4 Å². The second kappa shape index (κ2) is 10.3. The van der Waals surface area contributed by atoms with Crippen LogP contribution in [0.2, 0.25) is 5.02 Å². The molecule has 1 heterocycles. The van der Waals surface area contributed by atoms with E-state index in [-0.39, 0.29) is 23.6 Å². The van der Waals surface area contributed by atoms with Crippen molar-refractivity contribution in [1.82, 2.24) is 20.1 Å². The van der Waals surface area contributed by atoms with Crippen molar-refractivity contribution in [2.45, 2.75) is 18.1 Å². The molecule has 0 radical (unpaired) electrons. The summed E-state index contributed by atoms with van der Waals surface area (Å²) in [6, 6.07) is 13.6. The standard InChI is InChI=1S/C21H22ClN5O3S/c1-13(23-20(29)14-7-5-4-6-8-14)19-25-26-21(27(19)2)31-12-18(28)24-16-11-15(22)9-10-17(16)30-3/h4-11,13H,12H2,1-3H3,(H,23,29)(H,24,28)/t13-/m0/s1. The number of hydrogen-bond donors (Lipinski definition) is 2. The van der Waals surface area contributed by atoms with Gasteiger partial charge in [0, 0.05) is 17.6 Å². The van der Waals surface area contributed by atoms with Crippen LogP contribution in [-0.2, 0) is 11.8 Å². The number of carbonyl (C=O) groups is 2. The molecular weight excluding hydrogens is 438 g/mol. The molecule has 10 heteroatoms. The van der Waals surface area contributed by atoms with Gasteiger partial charge in [-0.25, -0.2) is 0 Å². The summed E-state index contributed by atoms with van der Waals surface area (Å²) in [4.78, 5) is 24.7. The molecule has 0 fully saturated rings. The van der Waals surface area contributed by atoms with E-state index in [0.29, 0.717) is 33.0 Å². The van der Waals surface area contributed by atoms with E-state index in [4.69, 9.17) is 16.3 Å². The van der Waals surface area contributed by atoms with Crippen LogP contribution in [0.3, 0.4) is 0 Å². The van der Waals surface area contributed by atoms with Gasteiger partial charge in [-0.2, -0.15) is 0 Å². The fourth-order valence-electron chi connectivity index (χ4n) is 2.86. The van der Waals surface area contributed by atoms with E-state index in [1.54, 1.807) is 54.1 Å². The van der Waals surface area contributed by atoms with Crippen molar-refractivity contribution in [3.05, 3.63) is 64.9 Å². The van der Waals surface area contributed by atoms with Gasteiger partial charge in [-0.1, -0.05) is 41.6 Å². The molecule has 0 aliphatic rings. The van der Waals surface area contributed by atoms with Crippen LogP contribution in [0.1, 0.15) is 29.1 Å². The van der Waals surface area contributed by atoms with Crippen molar-refractivity contribution in [3.63, 3.8) is 0 Å². The molecule has 0 bridgehead atoms. The number of nitrogens with one attached hydrogen (secondary N) is 2. The number of methoxy groups -OCH3 is 1. The number of thioether (sulfide) groups is 1. The van der Waals surface area contributed by atoms with Crippen LogP contribution in [0, 0.1) is 0 Å². The first-order valence-electron chi connectivity index (χ1n) is 9.40. The van der Waals surface area contributed by atoms with Crippen molar-refractivity contribution in [2.75, 3.05) is 18.2 Å². The van der Waals surface area contributed by atoms with Crippen LogP contribution in [0.15, 0.2) is 53.7 Å². The molecule has 0 aliphatic heterocycles. The summed E-state index contributed by atoms with van der Waals surface area (Å²) >= 11 is 7.23. The van der Waals surface area contributed by atoms with Crippen molar-refractivity contribution >= 4 is 40.9 Å². The molecule has 0 saturated heterocycles. The quantitative estimate of drug-likeness (QED) is 0.498. The second-order valence-electron chi connectivity index (χ2n) is 6.64. The van der Waals surface area contributed by atoms with Gasteiger partial charge in [0.25, 0.3) is 5.91 Å². The van der Waals surface area contributed by atoms with E-state index in [9.17, 15) is 9.59 Å². The zero-order chi connectivity index (χ0) is 22.4. The van der Waals surface area contributed by atoms with Gasteiger partial charge in [-0.05, 0) is 37.3 Å². The number of hydrogen-bond acceptors (Lipinski definition) is 6. The molecule has 0 spiro atoms. The Kier molecular flexibility index (Phi) is 7.54. The fourth-order valence-corrected chi connectivity index (χ4v) is 3.75. The zero-order valence-corrected chi connectivity index (χ0v) is 18.8. The van der Waals surface area contributed by atoms with Crippen LogP contribution in [-0.4, -0.2) is 39.4 Å². The van der Waals surface area contributed by atoms with E-state index < -0.39 is 0 Å². The molecule has 0 aliphatic carbocycles. The normalized spacial score (nSPS) is 11.6. The summed E-state index contributed by atoms with van der Waals surface area (Å²) in [5.74, 6) is 0.794. The molecule has 2 aromatic carbocycles. The van der Waals surface area contributed by atoms with Crippen molar-refractivity contribution in [2.24, 2.45) is 7.05 Å². The van der Waals surface area contributed by atoms with Crippen LogP contribution in [0.5, 0.6) is 5.75 Å². The first-order chi connectivity index (χ1) is 14.9. The van der Waals surface area contributed by atoms with Crippen molar-refractivity contribution in [3.8, 4) is 5.75 Å². The van der Waals surface area contributed by atoms with Gasteiger partial charge in [-0.3, -0.25) is 9.59 Å². The Balaban J connectivity index is 1.59. The maximum Gasteiger partial charge on any atom is 0.251 e. The van der Waals surface area contributed by atoms with E-state index >= 15 is 0 Å². The molecule has 162 valence electrons. The molecule has 1 atom stereocenters. The average Bonchev–Trinajstić information content (AvgIpc) is 3.13. The van der Waals surface area contributed by atoms with Crippen LogP contribution in [0.4, 0.5) is 5.69 Å².